The van der Waals surface area contributed by atoms with E-state index in [2.05, 4.69) is 56.2 Å². The molecule has 0 amide bonds. The highest BCUT2D eigenvalue weighted by atomic mass is 15.6. The standard InChI is InChI=1S/C25H28N8/c1-16-12-25(16)24-31(2)28-15-32(24)20-14-26-22(29-23(20)33(25)18-10-6-7-11-18)19-13-27-30-21(19)17-8-4-3-5-9-17/h3-5,8-9,13-16,18,24H,6-7,10-12H2,1-2H3,(H,27,30)/t16-,24?,25-/m0/s1. The normalized spacial score (nSPS) is 28.0. The Kier molecular flexibility index (Phi) is 3.93. The molecule has 3 atom stereocenters. The lowest BCUT2D eigenvalue weighted by Gasteiger charge is -2.50. The van der Waals surface area contributed by atoms with Gasteiger partial charge in [-0.05, 0) is 25.2 Å². The number of rotatable bonds is 3. The van der Waals surface area contributed by atoms with Gasteiger partial charge in [-0.1, -0.05) is 50.1 Å². The molecule has 1 N–H and O–H groups in total. The first-order chi connectivity index (χ1) is 16.2. The molecule has 1 spiro atoms. The van der Waals surface area contributed by atoms with Crippen LogP contribution in [0.2, 0.25) is 0 Å². The minimum atomic E-state index is 0.0392. The van der Waals surface area contributed by atoms with Crippen LogP contribution in [0.15, 0.2) is 47.8 Å². The number of hydrazone groups is 1. The fourth-order valence-electron chi connectivity index (χ4n) is 6.46. The van der Waals surface area contributed by atoms with Crippen molar-refractivity contribution >= 4 is 17.8 Å². The van der Waals surface area contributed by atoms with Gasteiger partial charge in [-0.25, -0.2) is 9.97 Å². The van der Waals surface area contributed by atoms with Gasteiger partial charge in [-0.2, -0.15) is 10.2 Å². The Morgan fingerprint density at radius 1 is 1.09 bits per heavy atom. The molecule has 0 bridgehead atoms. The number of hydrogen-bond acceptors (Lipinski definition) is 7. The van der Waals surface area contributed by atoms with Crippen LogP contribution in [-0.4, -0.2) is 56.3 Å². The molecule has 8 nitrogen and oxygen atoms in total. The maximum atomic E-state index is 5.26. The molecule has 1 aromatic carbocycles. The Hall–Kier alpha value is -3.42. The second-order valence-electron chi connectivity index (χ2n) is 9.92. The van der Waals surface area contributed by atoms with Gasteiger partial charge in [0.05, 0.1) is 29.2 Å². The lowest BCUT2D eigenvalue weighted by Crippen LogP contribution is -2.64. The summed E-state index contributed by atoms with van der Waals surface area (Å²) in [5.74, 6) is 2.36. The molecule has 7 rings (SSSR count). The minimum Gasteiger partial charge on any atom is -0.342 e. The summed E-state index contributed by atoms with van der Waals surface area (Å²) in [4.78, 5) is 15.1. The van der Waals surface area contributed by atoms with E-state index < -0.39 is 0 Å². The third kappa shape index (κ3) is 2.57. The number of aromatic amines is 1. The van der Waals surface area contributed by atoms with Crippen molar-refractivity contribution in [1.82, 2.24) is 25.2 Å². The van der Waals surface area contributed by atoms with Gasteiger partial charge in [0.2, 0.25) is 0 Å². The van der Waals surface area contributed by atoms with E-state index in [0.717, 1.165) is 40.6 Å². The predicted molar refractivity (Wildman–Crippen MR) is 129 cm³/mol. The van der Waals surface area contributed by atoms with Crippen molar-refractivity contribution < 1.29 is 0 Å². The Morgan fingerprint density at radius 3 is 2.64 bits per heavy atom. The van der Waals surface area contributed by atoms with Gasteiger partial charge in [0.25, 0.3) is 0 Å². The predicted octanol–water partition coefficient (Wildman–Crippen LogP) is 4.10. The fraction of sp³-hybridized carbons (Fsp3) is 0.440. The highest BCUT2D eigenvalue weighted by Gasteiger charge is 2.68. The summed E-state index contributed by atoms with van der Waals surface area (Å²) in [7, 11) is 2.10. The van der Waals surface area contributed by atoms with Crippen molar-refractivity contribution in [3.05, 3.63) is 42.7 Å². The number of fused-ring (bicyclic) bond motifs is 4. The topological polar surface area (TPSA) is 76.5 Å². The lowest BCUT2D eigenvalue weighted by atomic mass is 9.98. The van der Waals surface area contributed by atoms with Gasteiger partial charge >= 0.3 is 0 Å². The summed E-state index contributed by atoms with van der Waals surface area (Å²) >= 11 is 0. The number of nitrogens with one attached hydrogen (secondary N) is 1. The number of benzene rings is 1. The van der Waals surface area contributed by atoms with E-state index >= 15 is 0 Å². The average molecular weight is 441 g/mol. The third-order valence-corrected chi connectivity index (χ3v) is 8.09. The minimum absolute atomic E-state index is 0.0392. The maximum Gasteiger partial charge on any atom is 0.165 e. The van der Waals surface area contributed by atoms with Gasteiger partial charge in [0, 0.05) is 18.7 Å². The molecular weight excluding hydrogens is 412 g/mol. The van der Waals surface area contributed by atoms with Crippen LogP contribution in [0.4, 0.5) is 11.5 Å². The van der Waals surface area contributed by atoms with Gasteiger partial charge < -0.3 is 9.80 Å². The van der Waals surface area contributed by atoms with E-state index in [1.165, 1.54) is 25.7 Å². The van der Waals surface area contributed by atoms with Crippen LogP contribution in [0, 0.1) is 5.92 Å². The zero-order valence-corrected chi connectivity index (χ0v) is 19.0. The van der Waals surface area contributed by atoms with Crippen molar-refractivity contribution in [3.8, 4) is 22.6 Å². The van der Waals surface area contributed by atoms with Gasteiger partial charge in [-0.3, -0.25) is 10.1 Å². The first kappa shape index (κ1) is 19.1. The largest absolute Gasteiger partial charge is 0.342 e. The van der Waals surface area contributed by atoms with E-state index in [-0.39, 0.29) is 11.7 Å². The maximum absolute atomic E-state index is 5.26. The van der Waals surface area contributed by atoms with E-state index in [0.29, 0.717) is 12.0 Å². The van der Waals surface area contributed by atoms with Crippen molar-refractivity contribution in [1.29, 1.82) is 0 Å². The smallest absolute Gasteiger partial charge is 0.165 e. The van der Waals surface area contributed by atoms with E-state index in [9.17, 15) is 0 Å². The summed E-state index contributed by atoms with van der Waals surface area (Å²) in [6, 6.07) is 10.8. The second-order valence-corrected chi connectivity index (χ2v) is 9.92. The number of hydrogen-bond donors (Lipinski definition) is 1. The zero-order chi connectivity index (χ0) is 22.2. The number of nitrogens with zero attached hydrogens (tertiary/aromatic N) is 7. The molecule has 0 saturated heterocycles. The van der Waals surface area contributed by atoms with Crippen molar-refractivity contribution in [2.45, 2.75) is 56.8 Å². The molecule has 2 aliphatic carbocycles. The highest BCUT2D eigenvalue weighted by molar-refractivity contribution is 5.91. The fourth-order valence-corrected chi connectivity index (χ4v) is 6.46. The molecule has 4 heterocycles. The number of likely N-dealkylation sites (N-methyl/N-ethyl adjacent to an activating group) is 1. The van der Waals surface area contributed by atoms with Crippen LogP contribution in [0.5, 0.6) is 0 Å². The molecular formula is C25H28N8. The molecule has 4 aliphatic rings. The molecule has 2 aliphatic heterocycles. The zero-order valence-electron chi connectivity index (χ0n) is 19.0. The number of H-pyrrole nitrogens is 1. The third-order valence-electron chi connectivity index (χ3n) is 8.09. The summed E-state index contributed by atoms with van der Waals surface area (Å²) in [5.41, 5.74) is 4.06. The van der Waals surface area contributed by atoms with Gasteiger partial charge in [-0.15, -0.1) is 0 Å². The summed E-state index contributed by atoms with van der Waals surface area (Å²) in [6.45, 7) is 2.38. The summed E-state index contributed by atoms with van der Waals surface area (Å²) < 4.78 is 0. The van der Waals surface area contributed by atoms with Crippen LogP contribution >= 0.6 is 0 Å². The van der Waals surface area contributed by atoms with E-state index in [1.807, 2.05) is 36.9 Å². The second kappa shape index (κ2) is 6.79. The molecule has 168 valence electrons. The SMILES string of the molecule is C[C@H]1C[C@@]12C1N(C)N=CN1c1cnc(-c3cn[nH]c3-c3ccccc3)nc1N2C1CCCC1. The Labute approximate surface area is 193 Å². The molecule has 2 saturated carbocycles. The molecule has 3 aromatic rings. The van der Waals surface area contributed by atoms with Gasteiger partial charge in [0.1, 0.15) is 18.2 Å². The Bertz CT molecular complexity index is 1230. The van der Waals surface area contributed by atoms with Crippen LogP contribution in [0.1, 0.15) is 39.0 Å². The van der Waals surface area contributed by atoms with E-state index in [4.69, 9.17) is 9.97 Å². The molecule has 1 unspecified atom stereocenters. The van der Waals surface area contributed by atoms with Crippen molar-refractivity contribution in [2.75, 3.05) is 16.8 Å². The monoisotopic (exact) mass is 440 g/mol. The van der Waals surface area contributed by atoms with Crippen LogP contribution in [-0.2, 0) is 0 Å². The molecule has 2 aromatic heterocycles. The van der Waals surface area contributed by atoms with Crippen LogP contribution in [0.25, 0.3) is 22.6 Å². The Morgan fingerprint density at radius 2 is 1.88 bits per heavy atom. The molecule has 0 radical (unpaired) electrons. The average Bonchev–Trinajstić information content (AvgIpc) is 3.36. The molecule has 8 heteroatoms. The number of aromatic nitrogens is 4. The quantitative estimate of drug-likeness (QED) is 0.661. The molecule has 2 fully saturated rings. The Balaban J connectivity index is 1.40. The summed E-state index contributed by atoms with van der Waals surface area (Å²) in [6.07, 6.45) is 12.2. The highest BCUT2D eigenvalue weighted by Crippen LogP contribution is 2.61. The number of anilines is 2. The van der Waals surface area contributed by atoms with E-state index in [1.54, 1.807) is 0 Å². The van der Waals surface area contributed by atoms with Gasteiger partial charge in [0.15, 0.2) is 11.6 Å². The lowest BCUT2D eigenvalue weighted by molar-refractivity contribution is 0.207. The first-order valence-electron chi connectivity index (χ1n) is 12.0. The van der Waals surface area contributed by atoms with Crippen molar-refractivity contribution in [3.63, 3.8) is 0 Å². The summed E-state index contributed by atoms with van der Waals surface area (Å²) in [5, 5.41) is 14.3. The first-order valence-corrected chi connectivity index (χ1v) is 12.0. The van der Waals surface area contributed by atoms with Crippen LogP contribution in [0.3, 0.4) is 0 Å². The van der Waals surface area contributed by atoms with Crippen LogP contribution < -0.4 is 9.80 Å². The molecule has 33 heavy (non-hydrogen) atoms. The van der Waals surface area contributed by atoms with Crippen molar-refractivity contribution in [2.24, 2.45) is 11.0 Å².